The molecule has 1 aromatic heterocycles. The highest BCUT2D eigenvalue weighted by molar-refractivity contribution is 6.30. The van der Waals surface area contributed by atoms with Crippen LogP contribution in [0.2, 0.25) is 0 Å². The van der Waals surface area contributed by atoms with Gasteiger partial charge in [-0.05, 0) is 61.2 Å². The molecule has 0 spiro atoms. The van der Waals surface area contributed by atoms with Crippen molar-refractivity contribution in [2.75, 3.05) is 33.4 Å². The molecule has 1 saturated heterocycles. The number of esters is 1. The number of rotatable bonds is 13. The minimum atomic E-state index is -5.01. The number of carbonyl (C=O) groups is 1. The highest BCUT2D eigenvalue weighted by atomic mass is 35.5. The Kier molecular flexibility index (Phi) is 11.4. The molecule has 1 aliphatic heterocycles. The van der Waals surface area contributed by atoms with Gasteiger partial charge in [0.25, 0.3) is 0 Å². The minimum Gasteiger partial charge on any atom is -0.493 e. The van der Waals surface area contributed by atoms with Gasteiger partial charge in [-0.25, -0.2) is 0 Å². The number of nitriles is 1. The second-order valence-electron chi connectivity index (χ2n) is 11.4. The molecule has 1 N–H and O–H groups in total. The van der Waals surface area contributed by atoms with Crippen molar-refractivity contribution >= 4 is 28.5 Å². The zero-order chi connectivity index (χ0) is 34.4. The molecule has 2 aromatic carbocycles. The Balaban J connectivity index is 1.53. The third-order valence-corrected chi connectivity index (χ3v) is 8.09. The number of β-amino-alcohol motifs (C(OH)–C–C–N with tert-alkyl or cyclic N) is 1. The van der Waals surface area contributed by atoms with Crippen LogP contribution in [0.1, 0.15) is 36.5 Å². The molecule has 2 heterocycles. The first-order valence-electron chi connectivity index (χ1n) is 15.0. The number of hydrogen-bond acceptors (Lipinski definition) is 7. The first kappa shape index (κ1) is 35.6. The SMILES string of the molecule is C=C(Cl)/C=C\C(=C)Cn1cc(C(O)(CN2CCC(Oc3ccc(CC(=O)OCC)cc3OC)CC2)C(F)(F)F)c2ccc(C#N)cc21. The summed E-state index contributed by atoms with van der Waals surface area (Å²) in [7, 11) is 1.48. The lowest BCUT2D eigenvalue weighted by Crippen LogP contribution is -2.53. The molecule has 0 aliphatic carbocycles. The number of allylic oxidation sites excluding steroid dienone is 4. The summed E-state index contributed by atoms with van der Waals surface area (Å²) < 4.78 is 62.7. The van der Waals surface area contributed by atoms with E-state index in [0.717, 1.165) is 0 Å². The number of halogens is 4. The highest BCUT2D eigenvalue weighted by Gasteiger charge is 2.57. The van der Waals surface area contributed by atoms with Gasteiger partial charge in [-0.3, -0.25) is 9.69 Å². The van der Waals surface area contributed by atoms with Crippen molar-refractivity contribution in [1.82, 2.24) is 9.47 Å². The van der Waals surface area contributed by atoms with Gasteiger partial charge < -0.3 is 23.9 Å². The Morgan fingerprint density at radius 3 is 2.49 bits per heavy atom. The van der Waals surface area contributed by atoms with Gasteiger partial charge in [-0.2, -0.15) is 18.4 Å². The molecule has 47 heavy (non-hydrogen) atoms. The number of hydrogen-bond donors (Lipinski definition) is 1. The summed E-state index contributed by atoms with van der Waals surface area (Å²) in [4.78, 5) is 13.4. The van der Waals surface area contributed by atoms with Crippen LogP contribution in [0.15, 0.2) is 78.5 Å². The molecular formula is C35H37ClF3N3O5. The van der Waals surface area contributed by atoms with E-state index in [9.17, 15) is 28.3 Å². The summed E-state index contributed by atoms with van der Waals surface area (Å²) in [5, 5.41) is 21.4. The molecule has 1 fully saturated rings. The molecule has 0 amide bonds. The fraction of sp³-hybridized carbons (Fsp3) is 0.371. The average Bonchev–Trinajstić information content (AvgIpc) is 3.38. The lowest BCUT2D eigenvalue weighted by molar-refractivity contribution is -0.272. The van der Waals surface area contributed by atoms with Gasteiger partial charge in [-0.15, -0.1) is 0 Å². The summed E-state index contributed by atoms with van der Waals surface area (Å²) >= 11 is 5.80. The molecule has 1 atom stereocenters. The molecule has 3 aromatic rings. The fourth-order valence-electron chi connectivity index (χ4n) is 5.62. The van der Waals surface area contributed by atoms with Crippen LogP contribution in [0.3, 0.4) is 0 Å². The van der Waals surface area contributed by atoms with Gasteiger partial charge in [0.1, 0.15) is 6.10 Å². The van der Waals surface area contributed by atoms with E-state index < -0.39 is 18.3 Å². The van der Waals surface area contributed by atoms with Crippen molar-refractivity contribution in [1.29, 1.82) is 5.26 Å². The summed E-state index contributed by atoms with van der Waals surface area (Å²) in [5.74, 6) is 0.534. The van der Waals surface area contributed by atoms with Gasteiger partial charge in [0.2, 0.25) is 5.60 Å². The Labute approximate surface area is 276 Å². The lowest BCUT2D eigenvalue weighted by Gasteiger charge is -2.39. The third kappa shape index (κ3) is 8.57. The number of piperidine rings is 1. The number of nitrogens with zero attached hydrogens (tertiary/aromatic N) is 3. The predicted octanol–water partition coefficient (Wildman–Crippen LogP) is 6.79. The van der Waals surface area contributed by atoms with Crippen molar-refractivity contribution in [2.24, 2.45) is 0 Å². The molecule has 4 rings (SSSR count). The van der Waals surface area contributed by atoms with Gasteiger partial charge in [0, 0.05) is 48.4 Å². The highest BCUT2D eigenvalue weighted by Crippen LogP contribution is 2.44. The average molecular weight is 672 g/mol. The van der Waals surface area contributed by atoms with Gasteiger partial charge in [0.05, 0.1) is 37.3 Å². The van der Waals surface area contributed by atoms with E-state index in [4.69, 9.17) is 25.8 Å². The van der Waals surface area contributed by atoms with Crippen molar-refractivity contribution in [2.45, 2.75) is 50.6 Å². The normalized spacial score (nSPS) is 15.7. The quantitative estimate of drug-likeness (QED) is 0.158. The number of likely N-dealkylation sites (tertiary alicyclic amines) is 1. The van der Waals surface area contributed by atoms with Crippen LogP contribution < -0.4 is 9.47 Å². The van der Waals surface area contributed by atoms with E-state index in [0.29, 0.717) is 41.0 Å². The van der Waals surface area contributed by atoms with Gasteiger partial charge in [-0.1, -0.05) is 43.0 Å². The Morgan fingerprint density at radius 2 is 1.87 bits per heavy atom. The summed E-state index contributed by atoms with van der Waals surface area (Å²) in [6.07, 6.45) is -0.0112. The van der Waals surface area contributed by atoms with Crippen LogP contribution in [-0.2, 0) is 28.1 Å². The van der Waals surface area contributed by atoms with E-state index in [1.54, 1.807) is 36.1 Å². The molecule has 0 radical (unpaired) electrons. The molecule has 250 valence electrons. The second-order valence-corrected chi connectivity index (χ2v) is 11.9. The smallest absolute Gasteiger partial charge is 0.422 e. The Morgan fingerprint density at radius 1 is 1.15 bits per heavy atom. The zero-order valence-corrected chi connectivity index (χ0v) is 27.0. The largest absolute Gasteiger partial charge is 0.493 e. The van der Waals surface area contributed by atoms with Crippen LogP contribution in [-0.4, -0.2) is 66.2 Å². The number of methoxy groups -OCH3 is 1. The van der Waals surface area contributed by atoms with Crippen LogP contribution >= 0.6 is 11.6 Å². The number of carbonyl (C=O) groups excluding carboxylic acids is 1. The van der Waals surface area contributed by atoms with Crippen LogP contribution in [0.25, 0.3) is 10.9 Å². The maximum absolute atomic E-state index is 14.8. The first-order chi connectivity index (χ1) is 22.3. The topological polar surface area (TPSA) is 96.9 Å². The zero-order valence-electron chi connectivity index (χ0n) is 26.3. The maximum Gasteiger partial charge on any atom is 0.422 e. The molecular weight excluding hydrogens is 635 g/mol. The lowest BCUT2D eigenvalue weighted by atomic mass is 9.90. The van der Waals surface area contributed by atoms with Gasteiger partial charge >= 0.3 is 12.1 Å². The van der Waals surface area contributed by atoms with E-state index in [-0.39, 0.29) is 66.3 Å². The number of aromatic nitrogens is 1. The molecule has 8 nitrogen and oxygen atoms in total. The number of alkyl halides is 3. The van der Waals surface area contributed by atoms with Crippen LogP contribution in [0, 0.1) is 11.3 Å². The monoisotopic (exact) mass is 671 g/mol. The maximum atomic E-state index is 14.8. The molecule has 0 saturated carbocycles. The molecule has 0 bridgehead atoms. The molecule has 1 aliphatic rings. The third-order valence-electron chi connectivity index (χ3n) is 7.96. The Hall–Kier alpha value is -4.24. The van der Waals surface area contributed by atoms with E-state index in [1.165, 1.54) is 42.1 Å². The van der Waals surface area contributed by atoms with E-state index in [2.05, 4.69) is 13.2 Å². The minimum absolute atomic E-state index is 0.0825. The van der Waals surface area contributed by atoms with Crippen LogP contribution in [0.5, 0.6) is 11.5 Å². The van der Waals surface area contributed by atoms with Crippen molar-refractivity contribution < 1.29 is 37.3 Å². The summed E-state index contributed by atoms with van der Waals surface area (Å²) in [6.45, 7) is 9.43. The van der Waals surface area contributed by atoms with Crippen molar-refractivity contribution in [3.05, 3.63) is 95.2 Å². The number of aliphatic hydroxyl groups is 1. The fourth-order valence-corrected chi connectivity index (χ4v) is 5.68. The number of fused-ring (bicyclic) bond motifs is 1. The van der Waals surface area contributed by atoms with Crippen molar-refractivity contribution in [3.8, 4) is 17.6 Å². The Bertz CT molecular complexity index is 1700. The number of benzene rings is 2. The van der Waals surface area contributed by atoms with Gasteiger partial charge in [0.15, 0.2) is 11.5 Å². The predicted molar refractivity (Wildman–Crippen MR) is 173 cm³/mol. The summed E-state index contributed by atoms with van der Waals surface area (Å²) in [5.41, 5.74) is -1.68. The molecule has 1 unspecified atom stereocenters. The summed E-state index contributed by atoms with van der Waals surface area (Å²) in [6, 6.07) is 11.5. The standard InChI is InChI=1S/C35H37ClF3N3O5/c1-5-46-33(43)18-25-9-11-31(32(17-25)45-4)47-27-12-14-41(15-13-27)22-34(44,35(37,38)39)29-21-42(20-23(2)6-7-24(3)36)30-16-26(19-40)8-10-28(29)30/h6-11,16-17,21,27,44H,2-3,5,12-15,18,20,22H2,1,4H3/b7-6-. The van der Waals surface area contributed by atoms with Crippen molar-refractivity contribution in [3.63, 3.8) is 0 Å². The van der Waals surface area contributed by atoms with Crippen LogP contribution in [0.4, 0.5) is 13.2 Å². The number of ether oxygens (including phenoxy) is 3. The second kappa shape index (κ2) is 15.1. The van der Waals surface area contributed by atoms with E-state index in [1.807, 2.05) is 6.07 Å². The first-order valence-corrected chi connectivity index (χ1v) is 15.4. The van der Waals surface area contributed by atoms with E-state index >= 15 is 0 Å². The molecule has 12 heteroatoms.